The quantitative estimate of drug-likeness (QED) is 0.673. The molecule has 1 rings (SSSR count). The molecule has 0 saturated carbocycles. The van der Waals surface area contributed by atoms with Crippen molar-refractivity contribution >= 4 is 5.97 Å². The molecule has 1 N–H and O–H groups in total. The van der Waals surface area contributed by atoms with Crippen molar-refractivity contribution in [2.24, 2.45) is 5.92 Å². The van der Waals surface area contributed by atoms with Gasteiger partial charge in [-0.2, -0.15) is 0 Å². The Morgan fingerprint density at radius 1 is 1.82 bits per heavy atom. The molecule has 2 atom stereocenters. The van der Waals surface area contributed by atoms with E-state index in [1.54, 1.807) is 6.92 Å². The number of rotatable bonds is 3. The Hall–Kier alpha value is -0.570. The van der Waals surface area contributed by atoms with Gasteiger partial charge in [0.1, 0.15) is 0 Å². The van der Waals surface area contributed by atoms with E-state index in [0.29, 0.717) is 6.42 Å². The molecule has 3 heteroatoms. The van der Waals surface area contributed by atoms with Crippen LogP contribution in [0.3, 0.4) is 0 Å². The van der Waals surface area contributed by atoms with Gasteiger partial charge in [0.25, 0.3) is 0 Å². The number of hydrogen-bond donors (Lipinski definition) is 1. The van der Waals surface area contributed by atoms with E-state index in [1.807, 2.05) is 0 Å². The van der Waals surface area contributed by atoms with Crippen LogP contribution in [0.5, 0.6) is 0 Å². The Morgan fingerprint density at radius 3 is 3.00 bits per heavy atom. The van der Waals surface area contributed by atoms with Crippen molar-refractivity contribution in [2.45, 2.75) is 32.3 Å². The highest BCUT2D eigenvalue weighted by atomic mass is 16.5. The molecule has 11 heavy (non-hydrogen) atoms. The third-order valence-electron chi connectivity index (χ3n) is 2.06. The molecule has 0 bridgehead atoms. The molecule has 1 fully saturated rings. The minimum Gasteiger partial charge on any atom is -0.481 e. The van der Waals surface area contributed by atoms with Gasteiger partial charge < -0.3 is 9.84 Å². The van der Waals surface area contributed by atoms with E-state index in [0.717, 1.165) is 19.4 Å². The molecule has 3 nitrogen and oxygen atoms in total. The average Bonchev–Trinajstić information content (AvgIpc) is 2.39. The van der Waals surface area contributed by atoms with Crippen molar-refractivity contribution in [2.75, 3.05) is 6.61 Å². The summed E-state index contributed by atoms with van der Waals surface area (Å²) in [5.41, 5.74) is 0. The summed E-state index contributed by atoms with van der Waals surface area (Å²) in [4.78, 5) is 10.4. The lowest BCUT2D eigenvalue weighted by molar-refractivity contribution is -0.142. The summed E-state index contributed by atoms with van der Waals surface area (Å²) >= 11 is 0. The van der Waals surface area contributed by atoms with Crippen LogP contribution in [0.1, 0.15) is 26.2 Å². The predicted octanol–water partition coefficient (Wildman–Crippen LogP) is 1.28. The van der Waals surface area contributed by atoms with Crippen LogP contribution < -0.4 is 0 Å². The zero-order valence-corrected chi connectivity index (χ0v) is 6.75. The van der Waals surface area contributed by atoms with E-state index in [2.05, 4.69) is 0 Å². The fraction of sp³-hybridized carbons (Fsp3) is 0.875. The normalized spacial score (nSPS) is 26.8. The van der Waals surface area contributed by atoms with Gasteiger partial charge in [-0.25, -0.2) is 0 Å². The Morgan fingerprint density at radius 2 is 2.55 bits per heavy atom. The number of carboxylic acid groups (broad SMARTS) is 1. The topological polar surface area (TPSA) is 46.5 Å². The molecule has 0 unspecified atom stereocenters. The largest absolute Gasteiger partial charge is 0.481 e. The second kappa shape index (κ2) is 3.72. The zero-order chi connectivity index (χ0) is 8.27. The molecule has 0 aliphatic carbocycles. The maximum atomic E-state index is 10.4. The van der Waals surface area contributed by atoms with Crippen molar-refractivity contribution < 1.29 is 14.6 Å². The summed E-state index contributed by atoms with van der Waals surface area (Å²) in [5, 5.41) is 8.59. The van der Waals surface area contributed by atoms with Crippen LogP contribution in [0.15, 0.2) is 0 Å². The maximum Gasteiger partial charge on any atom is 0.306 e. The van der Waals surface area contributed by atoms with E-state index in [9.17, 15) is 4.79 Å². The first-order valence-electron chi connectivity index (χ1n) is 4.04. The van der Waals surface area contributed by atoms with Crippen molar-refractivity contribution in [1.29, 1.82) is 0 Å². The average molecular weight is 158 g/mol. The lowest BCUT2D eigenvalue weighted by Gasteiger charge is -2.11. The third-order valence-corrected chi connectivity index (χ3v) is 2.06. The van der Waals surface area contributed by atoms with E-state index in [1.165, 1.54) is 0 Å². The van der Waals surface area contributed by atoms with E-state index >= 15 is 0 Å². The molecule has 1 aliphatic rings. The number of carboxylic acids is 1. The minimum atomic E-state index is -0.722. The number of ether oxygens (including phenoxy) is 1. The number of aliphatic carboxylic acids is 1. The molecule has 1 heterocycles. The maximum absolute atomic E-state index is 10.4. The predicted molar refractivity (Wildman–Crippen MR) is 40.4 cm³/mol. The molecule has 1 aliphatic heterocycles. The molecule has 0 amide bonds. The zero-order valence-electron chi connectivity index (χ0n) is 6.75. The van der Waals surface area contributed by atoms with Gasteiger partial charge in [0.05, 0.1) is 12.0 Å². The smallest absolute Gasteiger partial charge is 0.306 e. The standard InChI is InChI=1S/C8H14O3/c1-6(8(9)10)5-7-3-2-4-11-7/h6-7H,2-5H2,1H3,(H,9,10)/t6-,7-/m1/s1. The number of hydrogen-bond acceptors (Lipinski definition) is 2. The SMILES string of the molecule is C[C@H](C[C@H]1CCCO1)C(=O)O. The highest BCUT2D eigenvalue weighted by molar-refractivity contribution is 5.69. The fourth-order valence-corrected chi connectivity index (χ4v) is 1.33. The summed E-state index contributed by atoms with van der Waals surface area (Å²) < 4.78 is 5.31. The molecular formula is C8H14O3. The molecule has 1 saturated heterocycles. The Balaban J connectivity index is 2.23. The van der Waals surface area contributed by atoms with E-state index in [-0.39, 0.29) is 12.0 Å². The number of carbonyl (C=O) groups is 1. The van der Waals surface area contributed by atoms with E-state index < -0.39 is 5.97 Å². The fourth-order valence-electron chi connectivity index (χ4n) is 1.33. The second-order valence-corrected chi connectivity index (χ2v) is 3.11. The Labute approximate surface area is 66.4 Å². The van der Waals surface area contributed by atoms with Crippen LogP contribution in [-0.4, -0.2) is 23.8 Å². The summed E-state index contributed by atoms with van der Waals surface area (Å²) in [5.74, 6) is -0.987. The summed E-state index contributed by atoms with van der Waals surface area (Å²) in [7, 11) is 0. The van der Waals surface area contributed by atoms with Crippen LogP contribution in [0.2, 0.25) is 0 Å². The van der Waals surface area contributed by atoms with Gasteiger partial charge in [-0.05, 0) is 19.3 Å². The first-order chi connectivity index (χ1) is 5.20. The van der Waals surface area contributed by atoms with Gasteiger partial charge in [0.15, 0.2) is 0 Å². The molecular weight excluding hydrogens is 144 g/mol. The van der Waals surface area contributed by atoms with Gasteiger partial charge in [-0.15, -0.1) is 0 Å². The van der Waals surface area contributed by atoms with Crippen molar-refractivity contribution in [3.63, 3.8) is 0 Å². The van der Waals surface area contributed by atoms with Gasteiger partial charge >= 0.3 is 5.97 Å². The van der Waals surface area contributed by atoms with Gasteiger partial charge in [0.2, 0.25) is 0 Å². The van der Waals surface area contributed by atoms with Crippen molar-refractivity contribution in [1.82, 2.24) is 0 Å². The minimum absolute atomic E-state index is 0.195. The second-order valence-electron chi connectivity index (χ2n) is 3.11. The molecule has 0 aromatic carbocycles. The molecule has 64 valence electrons. The third kappa shape index (κ3) is 2.50. The molecule has 0 radical (unpaired) electrons. The van der Waals surface area contributed by atoms with Crippen LogP contribution in [0.4, 0.5) is 0 Å². The molecule has 0 spiro atoms. The lowest BCUT2D eigenvalue weighted by atomic mass is 10.0. The summed E-state index contributed by atoms with van der Waals surface area (Å²) in [6, 6.07) is 0. The highest BCUT2D eigenvalue weighted by Gasteiger charge is 2.21. The monoisotopic (exact) mass is 158 g/mol. The first kappa shape index (κ1) is 8.53. The highest BCUT2D eigenvalue weighted by Crippen LogP contribution is 2.19. The van der Waals surface area contributed by atoms with Crippen LogP contribution in [0, 0.1) is 5.92 Å². The van der Waals surface area contributed by atoms with Crippen molar-refractivity contribution in [3.05, 3.63) is 0 Å². The van der Waals surface area contributed by atoms with Crippen LogP contribution in [0.25, 0.3) is 0 Å². The van der Waals surface area contributed by atoms with Gasteiger partial charge in [0, 0.05) is 6.61 Å². The van der Waals surface area contributed by atoms with Crippen LogP contribution in [-0.2, 0) is 9.53 Å². The Kier molecular flexibility index (Phi) is 2.88. The van der Waals surface area contributed by atoms with Crippen LogP contribution >= 0.6 is 0 Å². The summed E-state index contributed by atoms with van der Waals surface area (Å²) in [6.07, 6.45) is 2.96. The van der Waals surface area contributed by atoms with E-state index in [4.69, 9.17) is 9.84 Å². The molecule has 0 aromatic heterocycles. The Bertz CT molecular complexity index is 138. The van der Waals surface area contributed by atoms with Gasteiger partial charge in [-0.3, -0.25) is 4.79 Å². The first-order valence-corrected chi connectivity index (χ1v) is 4.04. The van der Waals surface area contributed by atoms with Crippen molar-refractivity contribution in [3.8, 4) is 0 Å². The summed E-state index contributed by atoms with van der Waals surface area (Å²) in [6.45, 7) is 2.53. The van der Waals surface area contributed by atoms with Gasteiger partial charge in [-0.1, -0.05) is 6.92 Å². The lowest BCUT2D eigenvalue weighted by Crippen LogP contribution is -2.17. The molecule has 0 aromatic rings.